The van der Waals surface area contributed by atoms with Crippen LogP contribution in [0.5, 0.6) is 0 Å². The summed E-state index contributed by atoms with van der Waals surface area (Å²) in [6.07, 6.45) is 9.93. The van der Waals surface area contributed by atoms with Gasteiger partial charge in [-0.3, -0.25) is 0 Å². The van der Waals surface area contributed by atoms with Crippen molar-refractivity contribution in [3.63, 3.8) is 0 Å². The Morgan fingerprint density at radius 1 is 1.32 bits per heavy atom. The minimum atomic E-state index is -1.81. The maximum Gasteiger partial charge on any atom is 0.317 e. The predicted molar refractivity (Wildman–Crippen MR) is 109 cm³/mol. The third kappa shape index (κ3) is 4.96. The first-order chi connectivity index (χ1) is 11.5. The van der Waals surface area contributed by atoms with E-state index in [1.165, 1.54) is 31.3 Å². The van der Waals surface area contributed by atoms with Gasteiger partial charge in [0.05, 0.1) is 0 Å². The first kappa shape index (κ1) is 20.2. The van der Waals surface area contributed by atoms with E-state index >= 15 is 0 Å². The van der Waals surface area contributed by atoms with Crippen LogP contribution in [0.4, 0.5) is 0 Å². The van der Waals surface area contributed by atoms with Crippen molar-refractivity contribution in [1.82, 2.24) is 0 Å². The van der Waals surface area contributed by atoms with Crippen LogP contribution in [-0.4, -0.2) is 14.3 Å². The Bertz CT molecular complexity index is 606. The first-order valence-electron chi connectivity index (χ1n) is 9.80. The Morgan fingerprint density at radius 3 is 2.64 bits per heavy atom. The number of carbonyl (C=O) groups is 1. The van der Waals surface area contributed by atoms with Crippen LogP contribution in [0.3, 0.4) is 0 Å². The van der Waals surface area contributed by atoms with E-state index in [0.717, 1.165) is 24.8 Å². The van der Waals surface area contributed by atoms with Gasteiger partial charge in [-0.05, 0) is 89.8 Å². The molecule has 3 heteroatoms. The van der Waals surface area contributed by atoms with Gasteiger partial charge in [-0.2, -0.15) is 0 Å². The molecule has 140 valence electrons. The van der Waals surface area contributed by atoms with Gasteiger partial charge in [-0.1, -0.05) is 35.8 Å². The van der Waals surface area contributed by atoms with E-state index in [1.54, 1.807) is 17.2 Å². The lowest BCUT2D eigenvalue weighted by molar-refractivity contribution is -0.129. The highest BCUT2D eigenvalue weighted by atomic mass is 28.4. The maximum atomic E-state index is 12.0. The van der Waals surface area contributed by atoms with Crippen LogP contribution >= 0.6 is 0 Å². The molecule has 2 aliphatic rings. The predicted octanol–water partition coefficient (Wildman–Crippen LogP) is 6.56. The summed E-state index contributed by atoms with van der Waals surface area (Å²) in [6, 6.07) is 0. The standard InChI is InChI=1S/C22H36O2Si/c1-16(15-21(23)24-25(5,6)7)10-12-19-18(3)11-13-20-17(2)9-8-14-22(19,20)4/h15,19H,3,8-14H2,1-2,4-7H3/b16-15+/t19?,22-/m0/s1. The summed E-state index contributed by atoms with van der Waals surface area (Å²) in [5.74, 6) is 0.377. The second kappa shape index (κ2) is 7.65. The van der Waals surface area contributed by atoms with Crippen molar-refractivity contribution in [3.05, 3.63) is 34.9 Å². The summed E-state index contributed by atoms with van der Waals surface area (Å²) >= 11 is 0. The summed E-state index contributed by atoms with van der Waals surface area (Å²) in [7, 11) is -1.81. The molecule has 0 aliphatic heterocycles. The van der Waals surface area contributed by atoms with E-state index in [4.69, 9.17) is 4.43 Å². The van der Waals surface area contributed by atoms with Gasteiger partial charge in [0.15, 0.2) is 0 Å². The van der Waals surface area contributed by atoms with Crippen molar-refractivity contribution in [1.29, 1.82) is 0 Å². The fraction of sp³-hybridized carbons (Fsp3) is 0.682. The lowest BCUT2D eigenvalue weighted by Crippen LogP contribution is -2.37. The minimum absolute atomic E-state index is 0.167. The molecule has 2 rings (SSSR count). The average molecular weight is 361 g/mol. The molecule has 0 saturated heterocycles. The molecule has 1 fully saturated rings. The average Bonchev–Trinajstić information content (AvgIpc) is 2.43. The number of allylic oxidation sites excluding steroid dienone is 4. The van der Waals surface area contributed by atoms with Crippen molar-refractivity contribution in [2.24, 2.45) is 11.3 Å². The number of rotatable bonds is 5. The molecule has 1 saturated carbocycles. The lowest BCUT2D eigenvalue weighted by Gasteiger charge is -2.48. The second-order valence-electron chi connectivity index (χ2n) is 9.30. The fourth-order valence-electron chi connectivity index (χ4n) is 4.80. The van der Waals surface area contributed by atoms with Crippen LogP contribution in [-0.2, 0) is 9.22 Å². The molecule has 0 spiro atoms. The van der Waals surface area contributed by atoms with E-state index in [0.29, 0.717) is 5.92 Å². The summed E-state index contributed by atoms with van der Waals surface area (Å²) < 4.78 is 5.54. The summed E-state index contributed by atoms with van der Waals surface area (Å²) in [5.41, 5.74) is 6.16. The highest BCUT2D eigenvalue weighted by molar-refractivity contribution is 6.71. The molecule has 0 bridgehead atoms. The Kier molecular flexibility index (Phi) is 6.19. The van der Waals surface area contributed by atoms with Crippen LogP contribution in [0.1, 0.15) is 65.7 Å². The highest BCUT2D eigenvalue weighted by Crippen LogP contribution is 2.55. The molecule has 25 heavy (non-hydrogen) atoms. The largest absolute Gasteiger partial charge is 0.517 e. The monoisotopic (exact) mass is 360 g/mol. The second-order valence-corrected chi connectivity index (χ2v) is 13.7. The third-order valence-electron chi connectivity index (χ3n) is 6.01. The SMILES string of the molecule is C=C1CCC2=C(C)CCC[C@@]2(C)C1CC/C(C)=C/C(=O)O[Si](C)(C)C. The van der Waals surface area contributed by atoms with Gasteiger partial charge < -0.3 is 4.43 Å². The lowest BCUT2D eigenvalue weighted by atomic mass is 9.56. The Hall–Kier alpha value is -1.09. The molecule has 0 N–H and O–H groups in total. The van der Waals surface area contributed by atoms with Gasteiger partial charge in [0.1, 0.15) is 0 Å². The fourth-order valence-corrected chi connectivity index (χ4v) is 5.47. The van der Waals surface area contributed by atoms with Crippen molar-refractivity contribution < 1.29 is 9.22 Å². The minimum Gasteiger partial charge on any atom is -0.517 e. The Morgan fingerprint density at radius 2 is 2.00 bits per heavy atom. The molecule has 0 aromatic heterocycles. The zero-order valence-corrected chi connectivity index (χ0v) is 18.1. The molecular formula is C22H36O2Si. The number of fused-ring (bicyclic) bond motifs is 1. The van der Waals surface area contributed by atoms with Crippen molar-refractivity contribution in [2.75, 3.05) is 0 Å². The van der Waals surface area contributed by atoms with Gasteiger partial charge in [0, 0.05) is 6.08 Å². The number of hydrogen-bond donors (Lipinski definition) is 0. The zero-order chi connectivity index (χ0) is 18.8. The van der Waals surface area contributed by atoms with E-state index in [9.17, 15) is 4.79 Å². The van der Waals surface area contributed by atoms with Crippen molar-refractivity contribution in [3.8, 4) is 0 Å². The van der Waals surface area contributed by atoms with Gasteiger partial charge in [-0.15, -0.1) is 0 Å². The Labute approximate surface area is 155 Å². The molecule has 0 heterocycles. The van der Waals surface area contributed by atoms with Crippen LogP contribution in [0.15, 0.2) is 34.9 Å². The Balaban J connectivity index is 2.07. The highest BCUT2D eigenvalue weighted by Gasteiger charge is 2.43. The van der Waals surface area contributed by atoms with Gasteiger partial charge in [0.2, 0.25) is 8.32 Å². The molecule has 0 aromatic rings. The van der Waals surface area contributed by atoms with Crippen LogP contribution in [0.2, 0.25) is 19.6 Å². The number of carbonyl (C=O) groups excluding carboxylic acids is 1. The molecule has 0 aromatic carbocycles. The summed E-state index contributed by atoms with van der Waals surface area (Å²) in [4.78, 5) is 12.0. The van der Waals surface area contributed by atoms with Gasteiger partial charge in [-0.25, -0.2) is 4.79 Å². The van der Waals surface area contributed by atoms with Crippen LogP contribution in [0, 0.1) is 11.3 Å². The molecular weight excluding hydrogens is 324 g/mol. The maximum absolute atomic E-state index is 12.0. The van der Waals surface area contributed by atoms with E-state index < -0.39 is 8.32 Å². The quantitative estimate of drug-likeness (QED) is 0.315. The summed E-state index contributed by atoms with van der Waals surface area (Å²) in [5, 5.41) is 0. The van der Waals surface area contributed by atoms with Gasteiger partial charge in [0.25, 0.3) is 0 Å². The van der Waals surface area contributed by atoms with E-state index in [2.05, 4.69) is 27.4 Å². The topological polar surface area (TPSA) is 26.3 Å². The number of hydrogen-bond acceptors (Lipinski definition) is 2. The molecule has 2 nitrogen and oxygen atoms in total. The third-order valence-corrected chi connectivity index (χ3v) is 6.82. The van der Waals surface area contributed by atoms with Crippen LogP contribution < -0.4 is 0 Å². The first-order valence-corrected chi connectivity index (χ1v) is 13.2. The molecule has 0 amide bonds. The summed E-state index contributed by atoms with van der Waals surface area (Å²) in [6.45, 7) is 17.4. The normalized spacial score (nSPS) is 28.0. The van der Waals surface area contributed by atoms with Crippen molar-refractivity contribution in [2.45, 2.75) is 85.4 Å². The molecule has 2 atom stereocenters. The van der Waals surface area contributed by atoms with Crippen molar-refractivity contribution >= 4 is 14.3 Å². The van der Waals surface area contributed by atoms with E-state index in [-0.39, 0.29) is 11.4 Å². The zero-order valence-electron chi connectivity index (χ0n) is 17.1. The molecule has 1 unspecified atom stereocenters. The van der Waals surface area contributed by atoms with Crippen LogP contribution in [0.25, 0.3) is 0 Å². The molecule has 2 aliphatic carbocycles. The van der Waals surface area contributed by atoms with Gasteiger partial charge >= 0.3 is 5.97 Å². The molecule has 0 radical (unpaired) electrons. The smallest absolute Gasteiger partial charge is 0.317 e. The van der Waals surface area contributed by atoms with E-state index in [1.807, 2.05) is 19.6 Å².